The molecule has 0 aromatic heterocycles. The van der Waals surface area contributed by atoms with E-state index in [0.717, 1.165) is 0 Å². The standard InChI is InChI=1S/C26H26ClN3O5S/c1-16-23(26(32)35-12-11-33-2)24(17-7-9-18(27)10-8-17)21(14-28)25(29-16)36-15-22(31)30-19-5-4-6-20(13-19)34-3/h4-10,13,24,29H,11-12,15H2,1-3H3,(H,30,31)/t24-/m0/s1. The van der Waals surface area contributed by atoms with Crippen molar-refractivity contribution in [3.8, 4) is 11.8 Å². The Labute approximate surface area is 219 Å². The van der Waals surface area contributed by atoms with Crippen molar-refractivity contribution in [2.75, 3.05) is 38.5 Å². The van der Waals surface area contributed by atoms with Crippen LogP contribution < -0.4 is 15.4 Å². The van der Waals surface area contributed by atoms with Gasteiger partial charge in [-0.05, 0) is 36.8 Å². The number of benzene rings is 2. The number of dihydropyridines is 1. The zero-order chi connectivity index (χ0) is 26.1. The number of esters is 1. The maximum Gasteiger partial charge on any atom is 0.336 e. The third kappa shape index (κ3) is 6.82. The van der Waals surface area contributed by atoms with Gasteiger partial charge in [0.25, 0.3) is 0 Å². The molecule has 1 atom stereocenters. The van der Waals surface area contributed by atoms with Crippen LogP contribution in [0.25, 0.3) is 0 Å². The van der Waals surface area contributed by atoms with Crippen molar-refractivity contribution >= 4 is 40.9 Å². The fraction of sp³-hybridized carbons (Fsp3) is 0.269. The van der Waals surface area contributed by atoms with E-state index in [4.69, 9.17) is 25.8 Å². The minimum Gasteiger partial charge on any atom is -0.497 e. The molecule has 0 spiro atoms. The molecular weight excluding hydrogens is 502 g/mol. The second-order valence-electron chi connectivity index (χ2n) is 7.70. The van der Waals surface area contributed by atoms with E-state index in [2.05, 4.69) is 16.7 Å². The number of rotatable bonds is 10. The SMILES string of the molecule is COCCOC(=O)C1=C(C)NC(SCC(=O)Nc2cccc(OC)c2)=C(C#N)[C@@H]1c1ccc(Cl)cc1. The molecule has 0 fully saturated rings. The first-order chi connectivity index (χ1) is 17.4. The Morgan fingerprint density at radius 3 is 2.58 bits per heavy atom. The molecule has 0 unspecified atom stereocenters. The summed E-state index contributed by atoms with van der Waals surface area (Å²) in [4.78, 5) is 25.6. The molecule has 10 heteroatoms. The molecule has 188 valence electrons. The van der Waals surface area contributed by atoms with E-state index < -0.39 is 11.9 Å². The molecule has 1 aliphatic heterocycles. The maximum absolute atomic E-state index is 13.0. The number of amides is 1. The van der Waals surface area contributed by atoms with Gasteiger partial charge in [0.05, 0.1) is 47.6 Å². The number of carbonyl (C=O) groups excluding carboxylic acids is 2. The topological polar surface area (TPSA) is 110 Å². The molecular formula is C26H26ClN3O5S. The Kier molecular flexibility index (Phi) is 9.82. The second kappa shape index (κ2) is 13.0. The summed E-state index contributed by atoms with van der Waals surface area (Å²) in [5, 5.41) is 17.1. The average Bonchev–Trinajstić information content (AvgIpc) is 2.87. The number of anilines is 1. The Hall–Kier alpha value is -3.45. The summed E-state index contributed by atoms with van der Waals surface area (Å²) >= 11 is 7.25. The van der Waals surface area contributed by atoms with Crippen LogP contribution in [0.15, 0.2) is 70.4 Å². The van der Waals surface area contributed by atoms with Gasteiger partial charge < -0.3 is 24.8 Å². The Balaban J connectivity index is 1.86. The lowest BCUT2D eigenvalue weighted by molar-refractivity contribution is -0.140. The maximum atomic E-state index is 13.0. The van der Waals surface area contributed by atoms with Gasteiger partial charge in [-0.25, -0.2) is 4.79 Å². The number of hydrogen-bond donors (Lipinski definition) is 2. The van der Waals surface area contributed by atoms with Gasteiger partial charge in [-0.15, -0.1) is 0 Å². The lowest BCUT2D eigenvalue weighted by atomic mass is 9.82. The van der Waals surface area contributed by atoms with E-state index >= 15 is 0 Å². The molecule has 0 radical (unpaired) electrons. The molecule has 2 aromatic carbocycles. The van der Waals surface area contributed by atoms with Gasteiger partial charge in [0.2, 0.25) is 5.91 Å². The largest absolute Gasteiger partial charge is 0.497 e. The normalized spacial score (nSPS) is 15.1. The van der Waals surface area contributed by atoms with E-state index in [1.807, 2.05) is 0 Å². The van der Waals surface area contributed by atoms with Crippen LogP contribution in [0.2, 0.25) is 5.02 Å². The number of hydrogen-bond acceptors (Lipinski definition) is 8. The molecule has 2 aromatic rings. The van der Waals surface area contributed by atoms with Crippen molar-refractivity contribution in [1.82, 2.24) is 5.32 Å². The highest BCUT2D eigenvalue weighted by Crippen LogP contribution is 2.41. The highest BCUT2D eigenvalue weighted by Gasteiger charge is 2.35. The van der Waals surface area contributed by atoms with Crippen LogP contribution in [0.4, 0.5) is 5.69 Å². The Bertz CT molecular complexity index is 1220. The lowest BCUT2D eigenvalue weighted by Gasteiger charge is -2.29. The van der Waals surface area contributed by atoms with E-state index in [-0.39, 0.29) is 24.9 Å². The Morgan fingerprint density at radius 2 is 1.92 bits per heavy atom. The van der Waals surface area contributed by atoms with Crippen molar-refractivity contribution < 1.29 is 23.8 Å². The summed E-state index contributed by atoms with van der Waals surface area (Å²) in [7, 11) is 3.07. The van der Waals surface area contributed by atoms with Gasteiger partial charge in [0.15, 0.2) is 0 Å². The highest BCUT2D eigenvalue weighted by molar-refractivity contribution is 8.03. The minimum atomic E-state index is -0.687. The van der Waals surface area contributed by atoms with Crippen LogP contribution in [0, 0.1) is 11.3 Å². The van der Waals surface area contributed by atoms with Gasteiger partial charge in [-0.1, -0.05) is 41.6 Å². The number of methoxy groups -OCH3 is 2. The van der Waals surface area contributed by atoms with Gasteiger partial charge >= 0.3 is 5.97 Å². The summed E-state index contributed by atoms with van der Waals surface area (Å²) in [6.45, 7) is 2.07. The van der Waals surface area contributed by atoms with E-state index in [1.54, 1.807) is 62.6 Å². The second-order valence-corrected chi connectivity index (χ2v) is 9.12. The van der Waals surface area contributed by atoms with Crippen LogP contribution >= 0.6 is 23.4 Å². The smallest absolute Gasteiger partial charge is 0.336 e. The van der Waals surface area contributed by atoms with Gasteiger partial charge in [0.1, 0.15) is 12.4 Å². The quantitative estimate of drug-likeness (QED) is 0.340. The van der Waals surface area contributed by atoms with E-state index in [0.29, 0.717) is 43.9 Å². The molecule has 2 N–H and O–H groups in total. The number of nitrogens with one attached hydrogen (secondary N) is 2. The molecule has 0 aliphatic carbocycles. The van der Waals surface area contributed by atoms with Crippen molar-refractivity contribution in [2.24, 2.45) is 0 Å². The van der Waals surface area contributed by atoms with E-state index in [1.165, 1.54) is 18.9 Å². The van der Waals surface area contributed by atoms with Gasteiger partial charge in [-0.3, -0.25) is 4.79 Å². The first-order valence-electron chi connectivity index (χ1n) is 11.0. The predicted octanol–water partition coefficient (Wildman–Crippen LogP) is 4.61. The molecule has 0 saturated carbocycles. The number of nitriles is 1. The average molecular weight is 528 g/mol. The number of halogens is 1. The first kappa shape index (κ1) is 27.1. The monoisotopic (exact) mass is 527 g/mol. The number of carbonyl (C=O) groups is 2. The van der Waals surface area contributed by atoms with Gasteiger partial charge in [-0.2, -0.15) is 5.26 Å². The Morgan fingerprint density at radius 1 is 1.17 bits per heavy atom. The fourth-order valence-corrected chi connectivity index (χ4v) is 4.63. The number of nitrogens with zero attached hydrogens (tertiary/aromatic N) is 1. The summed E-state index contributed by atoms with van der Waals surface area (Å²) in [6.07, 6.45) is 0. The molecule has 1 aliphatic rings. The summed E-state index contributed by atoms with van der Waals surface area (Å²) in [6, 6.07) is 16.2. The van der Waals surface area contributed by atoms with Crippen LogP contribution in [0.1, 0.15) is 18.4 Å². The number of ether oxygens (including phenoxy) is 3. The predicted molar refractivity (Wildman–Crippen MR) is 140 cm³/mol. The molecule has 8 nitrogen and oxygen atoms in total. The first-order valence-corrected chi connectivity index (χ1v) is 12.3. The molecule has 0 saturated heterocycles. The highest BCUT2D eigenvalue weighted by atomic mass is 35.5. The number of thioether (sulfide) groups is 1. The summed E-state index contributed by atoms with van der Waals surface area (Å²) in [5.74, 6) is -0.828. The van der Waals surface area contributed by atoms with E-state index in [9.17, 15) is 14.9 Å². The van der Waals surface area contributed by atoms with Crippen molar-refractivity contribution in [3.63, 3.8) is 0 Å². The van der Waals surface area contributed by atoms with Crippen molar-refractivity contribution in [3.05, 3.63) is 81.0 Å². The fourth-order valence-electron chi connectivity index (χ4n) is 3.62. The number of allylic oxidation sites excluding steroid dienone is 2. The van der Waals surface area contributed by atoms with Crippen LogP contribution in [0.3, 0.4) is 0 Å². The zero-order valence-corrected chi connectivity index (χ0v) is 21.7. The van der Waals surface area contributed by atoms with Gasteiger partial charge in [0, 0.05) is 29.6 Å². The molecule has 1 heterocycles. The minimum absolute atomic E-state index is 0.0406. The third-order valence-corrected chi connectivity index (χ3v) is 6.56. The van der Waals surface area contributed by atoms with Crippen LogP contribution in [-0.2, 0) is 19.1 Å². The lowest BCUT2D eigenvalue weighted by Crippen LogP contribution is -2.29. The summed E-state index contributed by atoms with van der Waals surface area (Å²) < 4.78 is 15.5. The zero-order valence-electron chi connectivity index (χ0n) is 20.1. The molecule has 36 heavy (non-hydrogen) atoms. The summed E-state index contributed by atoms with van der Waals surface area (Å²) in [5.41, 5.74) is 2.46. The van der Waals surface area contributed by atoms with Crippen LogP contribution in [-0.4, -0.2) is 45.1 Å². The molecule has 0 bridgehead atoms. The third-order valence-electron chi connectivity index (χ3n) is 5.29. The van der Waals surface area contributed by atoms with Crippen LogP contribution in [0.5, 0.6) is 5.75 Å². The molecule has 1 amide bonds. The van der Waals surface area contributed by atoms with Crippen molar-refractivity contribution in [2.45, 2.75) is 12.8 Å². The van der Waals surface area contributed by atoms with Crippen molar-refractivity contribution in [1.29, 1.82) is 5.26 Å². The molecule has 3 rings (SSSR count).